The molecule has 0 saturated heterocycles. The Morgan fingerprint density at radius 1 is 1.56 bits per heavy atom. The molecule has 0 radical (unpaired) electrons. The SMILES string of the molecule is Cn1c(Cl)cnc1COc1c(F)cccc1C=O. The summed E-state index contributed by atoms with van der Waals surface area (Å²) in [5, 5.41) is 0.456. The van der Waals surface area contributed by atoms with Crippen LogP contribution in [0.3, 0.4) is 0 Å². The van der Waals surface area contributed by atoms with Gasteiger partial charge in [0.1, 0.15) is 17.6 Å². The highest BCUT2D eigenvalue weighted by molar-refractivity contribution is 6.29. The quantitative estimate of drug-likeness (QED) is 0.801. The Kier molecular flexibility index (Phi) is 3.62. The van der Waals surface area contributed by atoms with Gasteiger partial charge in [-0.05, 0) is 12.1 Å². The van der Waals surface area contributed by atoms with Crippen molar-refractivity contribution >= 4 is 17.9 Å². The van der Waals surface area contributed by atoms with Gasteiger partial charge in [0, 0.05) is 7.05 Å². The van der Waals surface area contributed by atoms with Crippen molar-refractivity contribution in [2.24, 2.45) is 7.05 Å². The van der Waals surface area contributed by atoms with Gasteiger partial charge in [-0.1, -0.05) is 17.7 Å². The van der Waals surface area contributed by atoms with Crippen molar-refractivity contribution in [3.05, 3.63) is 46.8 Å². The van der Waals surface area contributed by atoms with Crippen LogP contribution in [0, 0.1) is 5.82 Å². The molecule has 4 nitrogen and oxygen atoms in total. The van der Waals surface area contributed by atoms with Gasteiger partial charge in [0.2, 0.25) is 0 Å². The lowest BCUT2D eigenvalue weighted by Gasteiger charge is -2.09. The minimum atomic E-state index is -0.583. The van der Waals surface area contributed by atoms with E-state index in [1.807, 2.05) is 0 Å². The highest BCUT2D eigenvalue weighted by atomic mass is 35.5. The van der Waals surface area contributed by atoms with Gasteiger partial charge in [-0.25, -0.2) is 9.37 Å². The molecule has 94 valence electrons. The van der Waals surface area contributed by atoms with Crippen molar-refractivity contribution in [1.82, 2.24) is 9.55 Å². The van der Waals surface area contributed by atoms with Crippen LogP contribution in [-0.2, 0) is 13.7 Å². The number of carbonyl (C=O) groups excluding carboxylic acids is 1. The number of aldehydes is 1. The summed E-state index contributed by atoms with van der Waals surface area (Å²) < 4.78 is 20.4. The number of ether oxygens (including phenoxy) is 1. The first-order valence-corrected chi connectivity index (χ1v) is 5.54. The van der Waals surface area contributed by atoms with Crippen molar-refractivity contribution in [3.63, 3.8) is 0 Å². The van der Waals surface area contributed by atoms with Gasteiger partial charge in [-0.15, -0.1) is 0 Å². The maximum absolute atomic E-state index is 13.5. The Morgan fingerprint density at radius 3 is 2.94 bits per heavy atom. The highest BCUT2D eigenvalue weighted by Gasteiger charge is 2.11. The Balaban J connectivity index is 2.20. The average Bonchev–Trinajstić information content (AvgIpc) is 2.68. The van der Waals surface area contributed by atoms with Gasteiger partial charge in [0.25, 0.3) is 0 Å². The second-order valence-corrected chi connectivity index (χ2v) is 4.01. The fraction of sp³-hybridized carbons (Fsp3) is 0.167. The number of carbonyl (C=O) groups is 1. The number of aromatic nitrogens is 2. The lowest BCUT2D eigenvalue weighted by Crippen LogP contribution is -2.06. The van der Waals surface area contributed by atoms with Crippen LogP contribution in [0.1, 0.15) is 16.2 Å². The van der Waals surface area contributed by atoms with E-state index < -0.39 is 5.82 Å². The van der Waals surface area contributed by atoms with Gasteiger partial charge in [-0.3, -0.25) is 4.79 Å². The van der Waals surface area contributed by atoms with Crippen LogP contribution in [-0.4, -0.2) is 15.8 Å². The highest BCUT2D eigenvalue weighted by Crippen LogP contribution is 2.22. The predicted molar refractivity (Wildman–Crippen MR) is 64.3 cm³/mol. The largest absolute Gasteiger partial charge is 0.482 e. The average molecular weight is 269 g/mol. The van der Waals surface area contributed by atoms with Crippen molar-refractivity contribution in [2.45, 2.75) is 6.61 Å². The number of halogens is 2. The first-order chi connectivity index (χ1) is 8.63. The molecule has 0 bridgehead atoms. The summed E-state index contributed by atoms with van der Waals surface area (Å²) in [6.07, 6.45) is 2.02. The maximum Gasteiger partial charge on any atom is 0.166 e. The maximum atomic E-state index is 13.5. The number of hydrogen-bond donors (Lipinski definition) is 0. The molecule has 6 heteroatoms. The standard InChI is InChI=1S/C12H10ClFN2O2/c1-16-10(13)5-15-11(16)7-18-12-8(6-17)3-2-4-9(12)14/h2-6H,7H2,1H3. The minimum absolute atomic E-state index is 0.0327. The number of rotatable bonds is 4. The molecule has 0 N–H and O–H groups in total. The van der Waals surface area contributed by atoms with E-state index in [2.05, 4.69) is 4.98 Å². The summed E-state index contributed by atoms with van der Waals surface area (Å²) in [5.41, 5.74) is 0.162. The second-order valence-electron chi connectivity index (χ2n) is 3.62. The Labute approximate surface area is 108 Å². The third-order valence-electron chi connectivity index (χ3n) is 2.50. The summed E-state index contributed by atoms with van der Waals surface area (Å²) in [4.78, 5) is 14.8. The zero-order valence-electron chi connectivity index (χ0n) is 9.56. The minimum Gasteiger partial charge on any atom is -0.482 e. The summed E-state index contributed by atoms with van der Waals surface area (Å²) in [7, 11) is 1.72. The van der Waals surface area contributed by atoms with Crippen LogP contribution in [0.15, 0.2) is 24.4 Å². The van der Waals surface area contributed by atoms with Crippen LogP contribution < -0.4 is 4.74 Å². The lowest BCUT2D eigenvalue weighted by atomic mass is 10.2. The molecule has 0 saturated carbocycles. The third-order valence-corrected chi connectivity index (χ3v) is 2.85. The van der Waals surface area contributed by atoms with Crippen molar-refractivity contribution in [3.8, 4) is 5.75 Å². The van der Waals surface area contributed by atoms with E-state index in [9.17, 15) is 9.18 Å². The first-order valence-electron chi connectivity index (χ1n) is 5.16. The van der Waals surface area contributed by atoms with Crippen LogP contribution in [0.4, 0.5) is 4.39 Å². The van der Waals surface area contributed by atoms with E-state index in [0.717, 1.165) is 0 Å². The molecular formula is C12H10ClFN2O2. The summed E-state index contributed by atoms with van der Waals surface area (Å²) in [5.74, 6) is -0.119. The normalized spacial score (nSPS) is 10.4. The summed E-state index contributed by atoms with van der Waals surface area (Å²) in [6, 6.07) is 4.16. The molecule has 0 atom stereocenters. The molecule has 0 unspecified atom stereocenters. The van der Waals surface area contributed by atoms with Gasteiger partial charge in [0.05, 0.1) is 11.8 Å². The molecule has 0 aliphatic carbocycles. The Bertz CT molecular complexity index is 583. The molecule has 1 heterocycles. The zero-order valence-corrected chi connectivity index (χ0v) is 10.3. The molecular weight excluding hydrogens is 259 g/mol. The van der Waals surface area contributed by atoms with Gasteiger partial charge >= 0.3 is 0 Å². The van der Waals surface area contributed by atoms with E-state index in [1.54, 1.807) is 11.6 Å². The molecule has 1 aromatic carbocycles. The molecule has 2 rings (SSSR count). The van der Waals surface area contributed by atoms with E-state index in [1.165, 1.54) is 24.4 Å². The van der Waals surface area contributed by atoms with Crippen molar-refractivity contribution < 1.29 is 13.9 Å². The van der Waals surface area contributed by atoms with Crippen molar-refractivity contribution in [2.75, 3.05) is 0 Å². The second kappa shape index (κ2) is 5.18. The van der Waals surface area contributed by atoms with Gasteiger partial charge in [-0.2, -0.15) is 0 Å². The number of hydrogen-bond acceptors (Lipinski definition) is 3. The molecule has 0 amide bonds. The summed E-state index contributed by atoms with van der Waals surface area (Å²) >= 11 is 5.82. The molecule has 0 aliphatic heterocycles. The number of para-hydroxylation sites is 1. The van der Waals surface area contributed by atoms with Crippen molar-refractivity contribution in [1.29, 1.82) is 0 Å². The van der Waals surface area contributed by atoms with Gasteiger partial charge in [0.15, 0.2) is 17.9 Å². The van der Waals surface area contributed by atoms with Crippen LogP contribution in [0.25, 0.3) is 0 Å². The Morgan fingerprint density at radius 2 is 2.33 bits per heavy atom. The molecule has 2 aromatic rings. The van der Waals surface area contributed by atoms with E-state index in [4.69, 9.17) is 16.3 Å². The van der Waals surface area contributed by atoms with Crippen LogP contribution in [0.2, 0.25) is 5.15 Å². The Hall–Kier alpha value is -1.88. The first kappa shape index (κ1) is 12.6. The number of imidazole rings is 1. The van der Waals surface area contributed by atoms with E-state index in [-0.39, 0.29) is 17.9 Å². The summed E-state index contributed by atoms with van der Waals surface area (Å²) in [6.45, 7) is 0.0327. The number of nitrogens with zero attached hydrogens (tertiary/aromatic N) is 2. The van der Waals surface area contributed by atoms with Gasteiger partial charge < -0.3 is 9.30 Å². The molecule has 0 fully saturated rings. The number of benzene rings is 1. The molecule has 0 aliphatic rings. The topological polar surface area (TPSA) is 44.1 Å². The fourth-order valence-corrected chi connectivity index (χ4v) is 1.61. The molecule has 0 spiro atoms. The predicted octanol–water partition coefficient (Wildman–Crippen LogP) is 2.60. The van der Waals surface area contributed by atoms with Crippen LogP contribution >= 0.6 is 11.6 Å². The lowest BCUT2D eigenvalue weighted by molar-refractivity contribution is 0.111. The fourth-order valence-electron chi connectivity index (χ4n) is 1.47. The zero-order chi connectivity index (χ0) is 13.1. The van der Waals surface area contributed by atoms with E-state index in [0.29, 0.717) is 17.3 Å². The molecule has 1 aromatic heterocycles. The smallest absolute Gasteiger partial charge is 0.166 e. The monoisotopic (exact) mass is 268 g/mol. The third kappa shape index (κ3) is 2.36. The van der Waals surface area contributed by atoms with E-state index >= 15 is 0 Å². The molecule has 18 heavy (non-hydrogen) atoms. The van der Waals surface area contributed by atoms with Crippen LogP contribution in [0.5, 0.6) is 5.75 Å².